The van der Waals surface area contributed by atoms with Gasteiger partial charge in [0.1, 0.15) is 11.9 Å². The number of alkyl halides is 6. The van der Waals surface area contributed by atoms with Gasteiger partial charge in [0, 0.05) is 24.2 Å². The van der Waals surface area contributed by atoms with Crippen LogP contribution in [0.5, 0.6) is 0 Å². The smallest absolute Gasteiger partial charge is 0.378 e. The summed E-state index contributed by atoms with van der Waals surface area (Å²) in [6, 6.07) is 3.92. The molecule has 12 heteroatoms. The fourth-order valence-corrected chi connectivity index (χ4v) is 4.48. The van der Waals surface area contributed by atoms with E-state index >= 15 is 0 Å². The Morgan fingerprint density at radius 3 is 1.97 bits per heavy atom. The van der Waals surface area contributed by atoms with Crippen LogP contribution < -0.4 is 16.0 Å². The van der Waals surface area contributed by atoms with Crippen molar-refractivity contribution in [3.8, 4) is 6.07 Å². The van der Waals surface area contributed by atoms with Crippen LogP contribution in [0.3, 0.4) is 0 Å². The molecule has 1 saturated carbocycles. The molecule has 3 N–H and O–H groups in total. The standard InChI is InChI=1S/C27H29F7N4O/c1-25(2,3)13-24(39)38-21-7-5-4-6-20(21)37-23-12-22(15(14-35)8-19(23)28)36-18-10-16(26(29,30)31)9-17(11-18)27(32,33)34/h8-12,20-21,36-37H,4-7,13H2,1-3H3,(H,38,39)/t20-,21+/m1/s1. The molecule has 0 bridgehead atoms. The number of anilines is 3. The summed E-state index contributed by atoms with van der Waals surface area (Å²) in [4.78, 5) is 12.5. The Hall–Kier alpha value is -3.49. The monoisotopic (exact) mass is 558 g/mol. The third-order valence-corrected chi connectivity index (χ3v) is 6.24. The van der Waals surface area contributed by atoms with Crippen LogP contribution in [0.1, 0.15) is 69.6 Å². The van der Waals surface area contributed by atoms with E-state index in [9.17, 15) is 40.8 Å². The summed E-state index contributed by atoms with van der Waals surface area (Å²) in [6.45, 7) is 5.77. The Balaban J connectivity index is 1.92. The highest BCUT2D eigenvalue weighted by Gasteiger charge is 2.37. The zero-order valence-corrected chi connectivity index (χ0v) is 21.6. The predicted octanol–water partition coefficient (Wildman–Crippen LogP) is 7.75. The van der Waals surface area contributed by atoms with Crippen molar-refractivity contribution in [2.75, 3.05) is 10.6 Å². The van der Waals surface area contributed by atoms with Gasteiger partial charge in [0.05, 0.1) is 28.1 Å². The largest absolute Gasteiger partial charge is 0.416 e. The lowest BCUT2D eigenvalue weighted by atomic mass is 9.88. The van der Waals surface area contributed by atoms with Crippen molar-refractivity contribution in [2.24, 2.45) is 5.41 Å². The number of carbonyl (C=O) groups is 1. The van der Waals surface area contributed by atoms with E-state index < -0.39 is 35.0 Å². The van der Waals surface area contributed by atoms with Crippen molar-refractivity contribution in [2.45, 2.75) is 77.3 Å². The molecule has 39 heavy (non-hydrogen) atoms. The van der Waals surface area contributed by atoms with Crippen molar-refractivity contribution < 1.29 is 35.5 Å². The highest BCUT2D eigenvalue weighted by atomic mass is 19.4. The molecule has 212 valence electrons. The molecule has 1 amide bonds. The van der Waals surface area contributed by atoms with Crippen molar-refractivity contribution in [3.63, 3.8) is 0 Å². The fourth-order valence-electron chi connectivity index (χ4n) is 4.48. The average Bonchev–Trinajstić information content (AvgIpc) is 2.79. The second-order valence-electron chi connectivity index (χ2n) is 10.9. The summed E-state index contributed by atoms with van der Waals surface area (Å²) >= 11 is 0. The van der Waals surface area contributed by atoms with Gasteiger partial charge in [0.2, 0.25) is 5.91 Å². The molecule has 0 saturated heterocycles. The molecule has 0 radical (unpaired) electrons. The van der Waals surface area contributed by atoms with Crippen LogP contribution in [-0.4, -0.2) is 18.0 Å². The number of hydrogen-bond acceptors (Lipinski definition) is 4. The molecule has 5 nitrogen and oxygen atoms in total. The van der Waals surface area contributed by atoms with Gasteiger partial charge >= 0.3 is 12.4 Å². The molecule has 1 aliphatic carbocycles. The second kappa shape index (κ2) is 11.3. The maximum Gasteiger partial charge on any atom is 0.416 e. The topological polar surface area (TPSA) is 77.0 Å². The summed E-state index contributed by atoms with van der Waals surface area (Å²) in [5, 5.41) is 17.9. The number of halogens is 7. The van der Waals surface area contributed by atoms with E-state index in [1.54, 1.807) is 6.07 Å². The first-order valence-corrected chi connectivity index (χ1v) is 12.3. The summed E-state index contributed by atoms with van der Waals surface area (Å²) in [6.07, 6.45) is -6.95. The van der Waals surface area contributed by atoms with E-state index in [1.165, 1.54) is 0 Å². The Kier molecular flexibility index (Phi) is 8.72. The van der Waals surface area contributed by atoms with Gasteiger partial charge in [-0.2, -0.15) is 31.6 Å². The molecule has 1 fully saturated rings. The number of rotatable bonds is 6. The fraction of sp³-hybridized carbons (Fsp3) is 0.481. The molecule has 0 heterocycles. The molecule has 0 aliphatic heterocycles. The molecule has 2 aromatic carbocycles. The van der Waals surface area contributed by atoms with Gasteiger partial charge in [0.15, 0.2) is 0 Å². The quantitative estimate of drug-likeness (QED) is 0.317. The number of nitrogens with zero attached hydrogens (tertiary/aromatic N) is 1. The van der Waals surface area contributed by atoms with E-state index in [4.69, 9.17) is 0 Å². The van der Waals surface area contributed by atoms with Gasteiger partial charge in [-0.15, -0.1) is 0 Å². The minimum absolute atomic E-state index is 0.00873. The molecule has 0 unspecified atom stereocenters. The van der Waals surface area contributed by atoms with Crippen LogP contribution in [0.15, 0.2) is 30.3 Å². The highest BCUT2D eigenvalue weighted by molar-refractivity contribution is 5.77. The van der Waals surface area contributed by atoms with Crippen molar-refractivity contribution >= 4 is 23.0 Å². The molecular weight excluding hydrogens is 529 g/mol. The first-order valence-electron chi connectivity index (χ1n) is 12.3. The zero-order chi connectivity index (χ0) is 29.2. The zero-order valence-electron chi connectivity index (χ0n) is 21.6. The van der Waals surface area contributed by atoms with E-state index in [0.29, 0.717) is 25.0 Å². The number of hydrogen-bond donors (Lipinski definition) is 3. The Bertz CT molecular complexity index is 1210. The third-order valence-electron chi connectivity index (χ3n) is 6.24. The number of benzene rings is 2. The SMILES string of the molecule is CC(C)(C)CC(=O)N[C@H]1CCCC[C@H]1Nc1cc(Nc2cc(C(F)(F)F)cc(C(F)(F)F)c2)c(C#N)cc1F. The van der Waals surface area contributed by atoms with Gasteiger partial charge in [0.25, 0.3) is 0 Å². The Morgan fingerprint density at radius 1 is 0.897 bits per heavy atom. The van der Waals surface area contributed by atoms with E-state index in [0.717, 1.165) is 25.0 Å². The lowest BCUT2D eigenvalue weighted by Gasteiger charge is -2.34. The first kappa shape index (κ1) is 30.1. The molecule has 2 aromatic rings. The lowest BCUT2D eigenvalue weighted by Crippen LogP contribution is -2.49. The van der Waals surface area contributed by atoms with Crippen molar-refractivity contribution in [1.29, 1.82) is 5.26 Å². The normalized spacial score (nSPS) is 18.3. The van der Waals surface area contributed by atoms with Crippen LogP contribution >= 0.6 is 0 Å². The minimum Gasteiger partial charge on any atom is -0.378 e. The Morgan fingerprint density at radius 2 is 1.46 bits per heavy atom. The Labute approximate surface area is 221 Å². The molecule has 1 aliphatic rings. The van der Waals surface area contributed by atoms with Crippen molar-refractivity contribution in [3.05, 3.63) is 52.8 Å². The minimum atomic E-state index is -5.06. The van der Waals surface area contributed by atoms with Crippen LogP contribution in [0.25, 0.3) is 0 Å². The molecular formula is C27H29F7N4O. The van der Waals surface area contributed by atoms with Crippen molar-refractivity contribution in [1.82, 2.24) is 5.32 Å². The van der Waals surface area contributed by atoms with Crippen LogP contribution in [0.4, 0.5) is 47.8 Å². The summed E-state index contributed by atoms with van der Waals surface area (Å²) < 4.78 is 94.6. The van der Waals surface area contributed by atoms with Gasteiger partial charge in [-0.05, 0) is 48.6 Å². The van der Waals surface area contributed by atoms with Gasteiger partial charge < -0.3 is 16.0 Å². The average molecular weight is 559 g/mol. The van der Waals surface area contributed by atoms with E-state index in [2.05, 4.69) is 16.0 Å². The van der Waals surface area contributed by atoms with E-state index in [-0.39, 0.29) is 52.8 Å². The van der Waals surface area contributed by atoms with Crippen LogP contribution in [0, 0.1) is 22.6 Å². The highest BCUT2D eigenvalue weighted by Crippen LogP contribution is 2.39. The molecule has 0 aromatic heterocycles. The number of amides is 1. The summed E-state index contributed by atoms with van der Waals surface area (Å²) in [7, 11) is 0. The molecule has 2 atom stereocenters. The maximum absolute atomic E-state index is 14.9. The van der Waals surface area contributed by atoms with Crippen LogP contribution in [0.2, 0.25) is 0 Å². The number of nitrogens with one attached hydrogen (secondary N) is 3. The molecule has 0 spiro atoms. The maximum atomic E-state index is 14.9. The lowest BCUT2D eigenvalue weighted by molar-refractivity contribution is -0.143. The third kappa shape index (κ3) is 8.25. The molecule has 3 rings (SSSR count). The van der Waals surface area contributed by atoms with Gasteiger partial charge in [-0.25, -0.2) is 4.39 Å². The summed E-state index contributed by atoms with van der Waals surface area (Å²) in [5.41, 5.74) is -4.49. The van der Waals surface area contributed by atoms with Crippen LogP contribution in [-0.2, 0) is 17.1 Å². The van der Waals surface area contributed by atoms with Gasteiger partial charge in [-0.1, -0.05) is 33.6 Å². The van der Waals surface area contributed by atoms with Gasteiger partial charge in [-0.3, -0.25) is 4.79 Å². The predicted molar refractivity (Wildman–Crippen MR) is 133 cm³/mol. The summed E-state index contributed by atoms with van der Waals surface area (Å²) in [5.74, 6) is -0.990. The number of nitriles is 1. The second-order valence-corrected chi connectivity index (χ2v) is 10.9. The first-order chi connectivity index (χ1) is 18.0. The number of carbonyl (C=O) groups excluding carboxylic acids is 1. The van der Waals surface area contributed by atoms with E-state index in [1.807, 2.05) is 20.8 Å².